The molecule has 2 amide bonds. The lowest BCUT2D eigenvalue weighted by Crippen LogP contribution is -2.49. The maximum Gasteiger partial charge on any atom is 0.326 e. The Labute approximate surface area is 108 Å². The second-order valence-corrected chi connectivity index (χ2v) is 5.49. The third-order valence-electron chi connectivity index (χ3n) is 3.59. The van der Waals surface area contributed by atoms with Gasteiger partial charge in [0.15, 0.2) is 0 Å². The van der Waals surface area contributed by atoms with E-state index in [4.69, 9.17) is 5.11 Å². The van der Waals surface area contributed by atoms with E-state index in [1.165, 1.54) is 12.8 Å². The minimum Gasteiger partial charge on any atom is -0.480 e. The van der Waals surface area contributed by atoms with Gasteiger partial charge < -0.3 is 15.3 Å². The van der Waals surface area contributed by atoms with Crippen molar-refractivity contribution < 1.29 is 14.7 Å². The van der Waals surface area contributed by atoms with Gasteiger partial charge in [-0.05, 0) is 43.9 Å². The molecule has 0 aromatic carbocycles. The summed E-state index contributed by atoms with van der Waals surface area (Å²) >= 11 is 0. The second kappa shape index (κ2) is 5.59. The molecule has 2 saturated carbocycles. The molecule has 0 aromatic heterocycles. The van der Waals surface area contributed by atoms with E-state index in [-0.39, 0.29) is 11.9 Å². The van der Waals surface area contributed by atoms with Crippen LogP contribution in [0.2, 0.25) is 0 Å². The summed E-state index contributed by atoms with van der Waals surface area (Å²) in [5.41, 5.74) is 0. The molecule has 2 fully saturated rings. The van der Waals surface area contributed by atoms with Gasteiger partial charge in [-0.15, -0.1) is 0 Å². The molecule has 5 heteroatoms. The van der Waals surface area contributed by atoms with E-state index in [0.717, 1.165) is 25.8 Å². The maximum atomic E-state index is 12.1. The van der Waals surface area contributed by atoms with Crippen LogP contribution < -0.4 is 5.32 Å². The summed E-state index contributed by atoms with van der Waals surface area (Å²) in [5, 5.41) is 11.8. The van der Waals surface area contributed by atoms with E-state index in [0.29, 0.717) is 12.5 Å². The van der Waals surface area contributed by atoms with Crippen LogP contribution in [0, 0.1) is 11.8 Å². The Bertz CT molecular complexity index is 324. The molecule has 0 spiro atoms. The van der Waals surface area contributed by atoms with Crippen molar-refractivity contribution in [1.82, 2.24) is 10.2 Å². The summed E-state index contributed by atoms with van der Waals surface area (Å²) in [6, 6.07) is -0.904. The Hall–Kier alpha value is -1.26. The third kappa shape index (κ3) is 3.62. The summed E-state index contributed by atoms with van der Waals surface area (Å²) < 4.78 is 0. The van der Waals surface area contributed by atoms with E-state index in [2.05, 4.69) is 5.32 Å². The number of carboxylic acids is 1. The Morgan fingerprint density at radius 1 is 1.33 bits per heavy atom. The number of hydrogen-bond donors (Lipinski definition) is 2. The molecule has 2 rings (SSSR count). The van der Waals surface area contributed by atoms with Gasteiger partial charge in [0, 0.05) is 13.1 Å². The first kappa shape index (κ1) is 13.2. The number of nitrogens with one attached hydrogen (secondary N) is 1. The first-order chi connectivity index (χ1) is 8.61. The van der Waals surface area contributed by atoms with Gasteiger partial charge >= 0.3 is 12.0 Å². The van der Waals surface area contributed by atoms with E-state index >= 15 is 0 Å². The lowest BCUT2D eigenvalue weighted by molar-refractivity contribution is -0.139. The zero-order chi connectivity index (χ0) is 13.1. The van der Waals surface area contributed by atoms with E-state index in [1.54, 1.807) is 4.90 Å². The summed E-state index contributed by atoms with van der Waals surface area (Å²) in [6.45, 7) is 3.51. The van der Waals surface area contributed by atoms with Gasteiger partial charge in [0.1, 0.15) is 6.04 Å². The number of aliphatic carboxylic acids is 1. The lowest BCUT2D eigenvalue weighted by Gasteiger charge is -2.24. The van der Waals surface area contributed by atoms with E-state index in [1.807, 2.05) is 6.92 Å². The highest BCUT2D eigenvalue weighted by Crippen LogP contribution is 2.33. The summed E-state index contributed by atoms with van der Waals surface area (Å²) in [7, 11) is 0. The van der Waals surface area contributed by atoms with Crippen molar-refractivity contribution in [3.63, 3.8) is 0 Å². The summed E-state index contributed by atoms with van der Waals surface area (Å²) in [5.74, 6) is -0.143. The maximum absolute atomic E-state index is 12.1. The second-order valence-electron chi connectivity index (χ2n) is 5.49. The van der Waals surface area contributed by atoms with Gasteiger partial charge in [-0.1, -0.05) is 6.92 Å². The first-order valence-corrected chi connectivity index (χ1v) is 6.90. The number of amides is 2. The van der Waals surface area contributed by atoms with Gasteiger partial charge in [0.05, 0.1) is 0 Å². The molecule has 18 heavy (non-hydrogen) atoms. The molecule has 5 nitrogen and oxygen atoms in total. The van der Waals surface area contributed by atoms with Crippen molar-refractivity contribution in [3.05, 3.63) is 0 Å². The quantitative estimate of drug-likeness (QED) is 0.726. The topological polar surface area (TPSA) is 69.6 Å². The zero-order valence-electron chi connectivity index (χ0n) is 10.9. The van der Waals surface area contributed by atoms with Crippen LogP contribution >= 0.6 is 0 Å². The largest absolute Gasteiger partial charge is 0.480 e. The van der Waals surface area contributed by atoms with Crippen molar-refractivity contribution in [2.75, 3.05) is 13.1 Å². The fourth-order valence-corrected chi connectivity index (χ4v) is 2.19. The van der Waals surface area contributed by atoms with Crippen LogP contribution in [0.1, 0.15) is 39.0 Å². The van der Waals surface area contributed by atoms with Gasteiger partial charge in [0.2, 0.25) is 0 Å². The van der Waals surface area contributed by atoms with Crippen LogP contribution in [0.15, 0.2) is 0 Å². The SMILES string of the molecule is CCCN(CC1CC1)C(=O)NC(C(=O)O)C1CC1. The monoisotopic (exact) mass is 254 g/mol. The highest BCUT2D eigenvalue weighted by Gasteiger charge is 2.38. The molecule has 0 aliphatic heterocycles. The van der Waals surface area contributed by atoms with Crippen molar-refractivity contribution >= 4 is 12.0 Å². The third-order valence-corrected chi connectivity index (χ3v) is 3.59. The van der Waals surface area contributed by atoms with Crippen LogP contribution in [-0.4, -0.2) is 41.1 Å². The van der Waals surface area contributed by atoms with E-state index < -0.39 is 12.0 Å². The highest BCUT2D eigenvalue weighted by molar-refractivity contribution is 5.83. The normalized spacial score (nSPS) is 20.3. The minimum absolute atomic E-state index is 0.135. The average molecular weight is 254 g/mol. The van der Waals surface area contributed by atoms with Crippen LogP contribution in [0.4, 0.5) is 4.79 Å². The molecule has 0 aromatic rings. The minimum atomic E-state index is -0.909. The van der Waals surface area contributed by atoms with Crippen molar-refractivity contribution in [1.29, 1.82) is 0 Å². The molecule has 102 valence electrons. The van der Waals surface area contributed by atoms with Crippen molar-refractivity contribution in [2.24, 2.45) is 11.8 Å². The molecule has 0 saturated heterocycles. The number of carbonyl (C=O) groups is 2. The first-order valence-electron chi connectivity index (χ1n) is 6.90. The lowest BCUT2D eigenvalue weighted by atomic mass is 10.2. The molecule has 0 radical (unpaired) electrons. The molecule has 1 atom stereocenters. The van der Waals surface area contributed by atoms with Crippen LogP contribution in [0.25, 0.3) is 0 Å². The summed E-state index contributed by atoms with van der Waals surface area (Å²) in [4.78, 5) is 25.0. The number of urea groups is 1. The van der Waals surface area contributed by atoms with Crippen molar-refractivity contribution in [2.45, 2.75) is 45.1 Å². The van der Waals surface area contributed by atoms with Gasteiger partial charge in [0.25, 0.3) is 0 Å². The molecular formula is C13H22N2O3. The van der Waals surface area contributed by atoms with E-state index in [9.17, 15) is 9.59 Å². The highest BCUT2D eigenvalue weighted by atomic mass is 16.4. The molecule has 0 bridgehead atoms. The Kier molecular flexibility index (Phi) is 4.09. The number of rotatable bonds is 7. The fraction of sp³-hybridized carbons (Fsp3) is 0.846. The molecule has 0 heterocycles. The number of carbonyl (C=O) groups excluding carboxylic acids is 1. The average Bonchev–Trinajstić information content (AvgIpc) is 3.16. The van der Waals surface area contributed by atoms with Gasteiger partial charge in [-0.2, -0.15) is 0 Å². The number of carboxylic acid groups (broad SMARTS) is 1. The van der Waals surface area contributed by atoms with Crippen LogP contribution in [0.5, 0.6) is 0 Å². The van der Waals surface area contributed by atoms with Gasteiger partial charge in [-0.3, -0.25) is 0 Å². The number of nitrogens with zero attached hydrogens (tertiary/aromatic N) is 1. The van der Waals surface area contributed by atoms with Crippen LogP contribution in [-0.2, 0) is 4.79 Å². The Balaban J connectivity index is 1.87. The molecule has 1 unspecified atom stereocenters. The summed E-state index contributed by atoms with van der Waals surface area (Å²) in [6.07, 6.45) is 5.11. The zero-order valence-corrected chi connectivity index (χ0v) is 10.9. The number of hydrogen-bond acceptors (Lipinski definition) is 2. The van der Waals surface area contributed by atoms with Crippen molar-refractivity contribution in [3.8, 4) is 0 Å². The Morgan fingerprint density at radius 3 is 2.44 bits per heavy atom. The van der Waals surface area contributed by atoms with Gasteiger partial charge in [-0.25, -0.2) is 9.59 Å². The van der Waals surface area contributed by atoms with Crippen LogP contribution in [0.3, 0.4) is 0 Å². The molecule has 2 aliphatic carbocycles. The fourth-order valence-electron chi connectivity index (χ4n) is 2.19. The Morgan fingerprint density at radius 2 is 2.00 bits per heavy atom. The predicted octanol–water partition coefficient (Wildman–Crippen LogP) is 1.68. The standard InChI is InChI=1S/C13H22N2O3/c1-2-7-15(8-9-3-4-9)13(18)14-11(12(16)17)10-5-6-10/h9-11H,2-8H2,1H3,(H,14,18)(H,16,17). The predicted molar refractivity (Wildman–Crippen MR) is 67.3 cm³/mol. The smallest absolute Gasteiger partial charge is 0.326 e. The molecule has 2 aliphatic rings. The molecular weight excluding hydrogens is 232 g/mol. The molecule has 2 N–H and O–H groups in total.